The molecule has 45 valence electrons. The van der Waals surface area contributed by atoms with E-state index >= 15 is 0 Å². The highest BCUT2D eigenvalue weighted by Gasteiger charge is 2.39. The number of hydrogen-bond acceptors (Lipinski definition) is 1. The molecule has 0 aromatic carbocycles. The summed E-state index contributed by atoms with van der Waals surface area (Å²) in [6.07, 6.45) is 1.79. The summed E-state index contributed by atoms with van der Waals surface area (Å²) in [6, 6.07) is 0.586. The average molecular weight is 112 g/mol. The second-order valence-electron chi connectivity index (χ2n) is 2.88. The van der Waals surface area contributed by atoms with Crippen LogP contribution in [-0.2, 0) is 5.11 Å². The third kappa shape index (κ3) is 0.501. The van der Waals surface area contributed by atoms with Crippen LogP contribution in [0.2, 0.25) is 0 Å². The lowest BCUT2D eigenvalue weighted by atomic mass is 10.1. The Morgan fingerprint density at radius 1 is 1.38 bits per heavy atom. The van der Waals surface area contributed by atoms with Gasteiger partial charge < -0.3 is 5.32 Å². The first-order valence-electron chi connectivity index (χ1n) is 3.25. The van der Waals surface area contributed by atoms with Gasteiger partial charge in [-0.05, 0) is 12.8 Å². The summed E-state index contributed by atoms with van der Waals surface area (Å²) in [5, 5.41) is 14.2. The van der Waals surface area contributed by atoms with Gasteiger partial charge in [0.15, 0.2) is 0 Å². The summed E-state index contributed by atoms with van der Waals surface area (Å²) in [5.74, 6) is 0.472. The molecule has 1 radical (unpaired) electrons. The SMILES string of the molecule is [O]C1CC2CC1CN2. The molecule has 2 heteroatoms. The van der Waals surface area contributed by atoms with E-state index in [2.05, 4.69) is 5.32 Å². The number of piperidine rings is 1. The summed E-state index contributed by atoms with van der Waals surface area (Å²) in [5.41, 5.74) is 0. The molecular formula is C6H10NO. The Balaban J connectivity index is 2.11. The fourth-order valence-electron chi connectivity index (χ4n) is 1.79. The first-order valence-corrected chi connectivity index (χ1v) is 3.25. The van der Waals surface area contributed by atoms with Crippen molar-refractivity contribution in [2.75, 3.05) is 6.54 Å². The maximum atomic E-state index is 10.9. The summed E-state index contributed by atoms with van der Waals surface area (Å²) in [6.45, 7) is 0.985. The molecule has 0 aromatic heterocycles. The van der Waals surface area contributed by atoms with Gasteiger partial charge in [0.1, 0.15) is 0 Å². The van der Waals surface area contributed by atoms with Crippen LogP contribution in [0.5, 0.6) is 0 Å². The van der Waals surface area contributed by atoms with Crippen molar-refractivity contribution >= 4 is 0 Å². The molecule has 1 saturated heterocycles. The van der Waals surface area contributed by atoms with E-state index < -0.39 is 0 Å². The zero-order valence-electron chi connectivity index (χ0n) is 4.76. The van der Waals surface area contributed by atoms with Crippen molar-refractivity contribution in [2.24, 2.45) is 5.92 Å². The van der Waals surface area contributed by atoms with E-state index in [1.807, 2.05) is 0 Å². The van der Waals surface area contributed by atoms with E-state index in [0.29, 0.717) is 12.0 Å². The third-order valence-electron chi connectivity index (χ3n) is 2.30. The van der Waals surface area contributed by atoms with Crippen molar-refractivity contribution in [3.63, 3.8) is 0 Å². The largest absolute Gasteiger partial charge is 0.313 e. The van der Waals surface area contributed by atoms with Gasteiger partial charge in [0.2, 0.25) is 0 Å². The predicted molar refractivity (Wildman–Crippen MR) is 29.0 cm³/mol. The second-order valence-corrected chi connectivity index (χ2v) is 2.88. The Labute approximate surface area is 48.9 Å². The van der Waals surface area contributed by atoms with Crippen molar-refractivity contribution < 1.29 is 5.11 Å². The highest BCUT2D eigenvalue weighted by atomic mass is 16.3. The minimum Gasteiger partial charge on any atom is -0.313 e. The van der Waals surface area contributed by atoms with Gasteiger partial charge in [-0.1, -0.05) is 0 Å². The molecular weight excluding hydrogens is 102 g/mol. The normalized spacial score (nSPS) is 52.9. The lowest BCUT2D eigenvalue weighted by molar-refractivity contribution is 0.0477. The summed E-state index contributed by atoms with van der Waals surface area (Å²) in [4.78, 5) is 0. The number of hydrogen-bond donors (Lipinski definition) is 1. The maximum Gasteiger partial charge on any atom is 0.0985 e. The molecule has 2 bridgehead atoms. The van der Waals surface area contributed by atoms with Crippen LogP contribution >= 0.6 is 0 Å². The van der Waals surface area contributed by atoms with E-state index in [9.17, 15) is 5.11 Å². The average Bonchev–Trinajstić information content (AvgIpc) is 2.23. The Bertz CT molecular complexity index is 103. The Morgan fingerprint density at radius 2 is 2.25 bits per heavy atom. The predicted octanol–water partition coefficient (Wildman–Crippen LogP) is 0.167. The van der Waals surface area contributed by atoms with Crippen LogP contribution in [0.3, 0.4) is 0 Å². The molecule has 8 heavy (non-hydrogen) atoms. The molecule has 2 aliphatic rings. The van der Waals surface area contributed by atoms with Crippen LogP contribution in [0.4, 0.5) is 0 Å². The van der Waals surface area contributed by atoms with Crippen molar-refractivity contribution in [3.05, 3.63) is 0 Å². The van der Waals surface area contributed by atoms with Crippen LogP contribution in [0.25, 0.3) is 0 Å². The molecule has 1 aliphatic heterocycles. The highest BCUT2D eigenvalue weighted by molar-refractivity contribution is 4.94. The van der Waals surface area contributed by atoms with Crippen LogP contribution in [0.15, 0.2) is 0 Å². The van der Waals surface area contributed by atoms with Crippen molar-refractivity contribution in [2.45, 2.75) is 25.0 Å². The van der Waals surface area contributed by atoms with Gasteiger partial charge in [-0.2, -0.15) is 0 Å². The minimum atomic E-state index is -0.235. The molecule has 2 nitrogen and oxygen atoms in total. The molecule has 3 atom stereocenters. The molecule has 2 rings (SSSR count). The molecule has 3 unspecified atom stereocenters. The van der Waals surface area contributed by atoms with Gasteiger partial charge in [0.05, 0.1) is 6.10 Å². The van der Waals surface area contributed by atoms with Crippen LogP contribution in [-0.4, -0.2) is 18.7 Å². The Morgan fingerprint density at radius 3 is 2.50 bits per heavy atom. The summed E-state index contributed by atoms with van der Waals surface area (Å²) >= 11 is 0. The minimum absolute atomic E-state index is 0.235. The fraction of sp³-hybridized carbons (Fsp3) is 1.00. The molecule has 1 aliphatic carbocycles. The quantitative estimate of drug-likeness (QED) is 0.476. The van der Waals surface area contributed by atoms with Gasteiger partial charge in [-0.3, -0.25) is 0 Å². The zero-order valence-corrected chi connectivity index (χ0v) is 4.76. The number of fused-ring (bicyclic) bond motifs is 2. The van der Waals surface area contributed by atoms with Crippen LogP contribution in [0, 0.1) is 5.92 Å². The van der Waals surface area contributed by atoms with Crippen LogP contribution < -0.4 is 5.32 Å². The van der Waals surface area contributed by atoms with E-state index in [1.165, 1.54) is 0 Å². The van der Waals surface area contributed by atoms with E-state index in [1.54, 1.807) is 0 Å². The van der Waals surface area contributed by atoms with Crippen molar-refractivity contribution in [1.29, 1.82) is 0 Å². The standard InChI is InChI=1S/C6H10NO/c8-6-2-5-1-4(6)3-7-5/h4-7H,1-3H2. The maximum absolute atomic E-state index is 10.9. The lowest BCUT2D eigenvalue weighted by Gasteiger charge is -2.13. The molecule has 0 amide bonds. The van der Waals surface area contributed by atoms with Gasteiger partial charge in [0, 0.05) is 18.5 Å². The molecule has 0 aromatic rings. The van der Waals surface area contributed by atoms with Gasteiger partial charge in [-0.15, -0.1) is 0 Å². The Kier molecular flexibility index (Phi) is 0.866. The Hall–Kier alpha value is -0.0800. The van der Waals surface area contributed by atoms with Gasteiger partial charge >= 0.3 is 0 Å². The third-order valence-corrected chi connectivity index (χ3v) is 2.30. The van der Waals surface area contributed by atoms with Crippen molar-refractivity contribution in [3.8, 4) is 0 Å². The molecule has 1 N–H and O–H groups in total. The van der Waals surface area contributed by atoms with Gasteiger partial charge in [-0.25, -0.2) is 5.11 Å². The zero-order chi connectivity index (χ0) is 5.56. The lowest BCUT2D eigenvalue weighted by Crippen LogP contribution is -2.31. The molecule has 1 heterocycles. The number of nitrogens with one attached hydrogen (secondary N) is 1. The van der Waals surface area contributed by atoms with Crippen molar-refractivity contribution in [1.82, 2.24) is 5.32 Å². The van der Waals surface area contributed by atoms with E-state index in [4.69, 9.17) is 0 Å². The van der Waals surface area contributed by atoms with E-state index in [0.717, 1.165) is 19.4 Å². The monoisotopic (exact) mass is 112 g/mol. The molecule has 1 saturated carbocycles. The molecule has 0 spiro atoms. The van der Waals surface area contributed by atoms with E-state index in [-0.39, 0.29) is 6.10 Å². The first kappa shape index (κ1) is 4.77. The smallest absolute Gasteiger partial charge is 0.0985 e. The summed E-state index contributed by atoms with van der Waals surface area (Å²) < 4.78 is 0. The second kappa shape index (κ2) is 1.45. The van der Waals surface area contributed by atoms with Gasteiger partial charge in [0.25, 0.3) is 0 Å². The molecule has 2 fully saturated rings. The fourth-order valence-corrected chi connectivity index (χ4v) is 1.79. The summed E-state index contributed by atoms with van der Waals surface area (Å²) in [7, 11) is 0. The van der Waals surface area contributed by atoms with Crippen LogP contribution in [0.1, 0.15) is 12.8 Å². The number of rotatable bonds is 0. The highest BCUT2D eigenvalue weighted by Crippen LogP contribution is 2.30. The topological polar surface area (TPSA) is 31.9 Å². The first-order chi connectivity index (χ1) is 3.86.